The summed E-state index contributed by atoms with van der Waals surface area (Å²) in [5.41, 5.74) is 1.80. The Kier molecular flexibility index (Phi) is 8.94. The summed E-state index contributed by atoms with van der Waals surface area (Å²) in [6.45, 7) is 4.72. The molecule has 1 atom stereocenters. The second-order valence-electron chi connectivity index (χ2n) is 7.91. The van der Waals surface area contributed by atoms with Crippen LogP contribution in [0.4, 0.5) is 9.59 Å². The third kappa shape index (κ3) is 6.11. The third-order valence-electron chi connectivity index (χ3n) is 5.58. The normalized spacial score (nSPS) is 13.7. The van der Waals surface area contributed by atoms with Crippen molar-refractivity contribution in [2.45, 2.75) is 39.7 Å². The second kappa shape index (κ2) is 12.1. The molecule has 3 rings (SSSR count). The van der Waals surface area contributed by atoms with Crippen molar-refractivity contribution in [2.75, 3.05) is 27.4 Å². The van der Waals surface area contributed by atoms with Gasteiger partial charge in [-0.3, -0.25) is 9.59 Å². The van der Waals surface area contributed by atoms with Gasteiger partial charge in [-0.15, -0.1) is 0 Å². The van der Waals surface area contributed by atoms with Crippen molar-refractivity contribution in [3.05, 3.63) is 45.6 Å². The zero-order valence-electron chi connectivity index (χ0n) is 21.3. The SMILES string of the molecule is CCOC(=O)Oc1cc2c(c(OC)c1OC(=O)OCC)-c1ccc(OC)c(=O)cc1C(NC(C)=O)CC2. The van der Waals surface area contributed by atoms with Gasteiger partial charge >= 0.3 is 12.3 Å². The summed E-state index contributed by atoms with van der Waals surface area (Å²) in [6, 6.07) is 5.58. The minimum atomic E-state index is -1.04. The number of benzene rings is 1. The maximum atomic E-state index is 12.8. The van der Waals surface area contributed by atoms with E-state index in [4.69, 9.17) is 28.4 Å². The number of methoxy groups -OCH3 is 2. The highest BCUT2D eigenvalue weighted by molar-refractivity contribution is 5.85. The van der Waals surface area contributed by atoms with E-state index < -0.39 is 18.4 Å². The molecule has 0 spiro atoms. The van der Waals surface area contributed by atoms with E-state index in [1.54, 1.807) is 19.9 Å². The molecule has 0 aliphatic heterocycles. The first kappa shape index (κ1) is 27.3. The van der Waals surface area contributed by atoms with Crippen LogP contribution in [0.2, 0.25) is 0 Å². The first-order chi connectivity index (χ1) is 17.7. The molecule has 0 fully saturated rings. The lowest BCUT2D eigenvalue weighted by Gasteiger charge is -2.20. The van der Waals surface area contributed by atoms with Crippen LogP contribution in [-0.2, 0) is 20.7 Å². The van der Waals surface area contributed by atoms with Gasteiger partial charge in [-0.2, -0.15) is 0 Å². The molecule has 0 bridgehead atoms. The zero-order chi connectivity index (χ0) is 27.1. The number of hydrogen-bond acceptors (Lipinski definition) is 10. The van der Waals surface area contributed by atoms with Crippen LogP contribution in [0.1, 0.15) is 44.4 Å². The van der Waals surface area contributed by atoms with Gasteiger partial charge in [-0.1, -0.05) is 6.07 Å². The Morgan fingerprint density at radius 2 is 1.59 bits per heavy atom. The van der Waals surface area contributed by atoms with Gasteiger partial charge in [0, 0.05) is 12.5 Å². The summed E-state index contributed by atoms with van der Waals surface area (Å²) in [4.78, 5) is 49.3. The molecule has 2 aromatic carbocycles. The Hall–Kier alpha value is -4.28. The van der Waals surface area contributed by atoms with Crippen LogP contribution < -0.4 is 29.7 Å². The van der Waals surface area contributed by atoms with Gasteiger partial charge in [0.15, 0.2) is 17.2 Å². The van der Waals surface area contributed by atoms with Gasteiger partial charge in [0.25, 0.3) is 0 Å². The Morgan fingerprint density at radius 1 is 0.919 bits per heavy atom. The van der Waals surface area contributed by atoms with Crippen molar-refractivity contribution in [2.24, 2.45) is 0 Å². The molecule has 1 N–H and O–H groups in total. The predicted octanol–water partition coefficient (Wildman–Crippen LogP) is 3.93. The highest BCUT2D eigenvalue weighted by Crippen LogP contribution is 2.50. The molecule has 198 valence electrons. The fourth-order valence-corrected chi connectivity index (χ4v) is 4.16. The van der Waals surface area contributed by atoms with Crippen LogP contribution >= 0.6 is 0 Å². The van der Waals surface area contributed by atoms with E-state index in [2.05, 4.69) is 5.32 Å². The lowest BCUT2D eigenvalue weighted by Crippen LogP contribution is -2.26. The summed E-state index contributed by atoms with van der Waals surface area (Å²) in [5.74, 6) is -0.452. The number of hydrogen-bond donors (Lipinski definition) is 1. The summed E-state index contributed by atoms with van der Waals surface area (Å²) in [5, 5.41) is 2.89. The summed E-state index contributed by atoms with van der Waals surface area (Å²) >= 11 is 0. The Labute approximate surface area is 213 Å². The predicted molar refractivity (Wildman–Crippen MR) is 131 cm³/mol. The second-order valence-corrected chi connectivity index (χ2v) is 7.91. The molecule has 0 aromatic heterocycles. The largest absolute Gasteiger partial charge is 0.514 e. The summed E-state index contributed by atoms with van der Waals surface area (Å²) in [6.07, 6.45) is -1.25. The van der Waals surface area contributed by atoms with Crippen LogP contribution in [0, 0.1) is 0 Å². The molecule has 0 heterocycles. The Bertz CT molecular complexity index is 1260. The highest BCUT2D eigenvalue weighted by atomic mass is 16.7. The van der Waals surface area contributed by atoms with Gasteiger partial charge in [0.05, 0.1) is 33.5 Å². The molecular formula is C26H29NO10. The fourth-order valence-electron chi connectivity index (χ4n) is 4.16. The summed E-state index contributed by atoms with van der Waals surface area (Å²) < 4.78 is 31.5. The van der Waals surface area contributed by atoms with Crippen molar-refractivity contribution in [1.82, 2.24) is 5.32 Å². The van der Waals surface area contributed by atoms with Gasteiger partial charge in [0.1, 0.15) is 0 Å². The maximum Gasteiger partial charge on any atom is 0.514 e. The first-order valence-electron chi connectivity index (χ1n) is 11.7. The van der Waals surface area contributed by atoms with Crippen molar-refractivity contribution < 1.29 is 42.8 Å². The Morgan fingerprint density at radius 3 is 2.19 bits per heavy atom. The van der Waals surface area contributed by atoms with Crippen LogP contribution in [0.5, 0.6) is 23.0 Å². The molecule has 1 aliphatic rings. The van der Waals surface area contributed by atoms with E-state index in [1.165, 1.54) is 39.3 Å². The lowest BCUT2D eigenvalue weighted by atomic mass is 9.95. The van der Waals surface area contributed by atoms with Crippen molar-refractivity contribution >= 4 is 18.2 Å². The topological polar surface area (TPSA) is 136 Å². The number of carbonyl (C=O) groups excluding carboxylic acids is 3. The van der Waals surface area contributed by atoms with Crippen LogP contribution in [-0.4, -0.2) is 45.7 Å². The molecule has 11 nitrogen and oxygen atoms in total. The van der Waals surface area contributed by atoms with Crippen LogP contribution in [0.3, 0.4) is 0 Å². The molecule has 1 amide bonds. The van der Waals surface area contributed by atoms with Gasteiger partial charge < -0.3 is 33.7 Å². The molecule has 0 radical (unpaired) electrons. The van der Waals surface area contributed by atoms with Gasteiger partial charge in [-0.25, -0.2) is 9.59 Å². The quantitative estimate of drug-likeness (QED) is 0.427. The number of rotatable bonds is 7. The molecule has 37 heavy (non-hydrogen) atoms. The molecule has 0 saturated carbocycles. The minimum absolute atomic E-state index is 0.0449. The van der Waals surface area contributed by atoms with Crippen molar-refractivity contribution in [3.63, 3.8) is 0 Å². The molecule has 1 unspecified atom stereocenters. The van der Waals surface area contributed by atoms with Crippen molar-refractivity contribution in [1.29, 1.82) is 0 Å². The molecule has 2 aromatic rings. The molecular weight excluding hydrogens is 486 g/mol. The smallest absolute Gasteiger partial charge is 0.493 e. The van der Waals surface area contributed by atoms with E-state index in [9.17, 15) is 19.2 Å². The van der Waals surface area contributed by atoms with Gasteiger partial charge in [0.2, 0.25) is 17.1 Å². The van der Waals surface area contributed by atoms with E-state index in [0.29, 0.717) is 35.1 Å². The number of carbonyl (C=O) groups is 3. The molecule has 1 aliphatic carbocycles. The van der Waals surface area contributed by atoms with E-state index in [1.807, 2.05) is 0 Å². The average Bonchev–Trinajstić information content (AvgIpc) is 3.08. The van der Waals surface area contributed by atoms with Crippen molar-refractivity contribution in [3.8, 4) is 34.1 Å². The first-order valence-corrected chi connectivity index (χ1v) is 11.7. The number of ether oxygens (including phenoxy) is 6. The van der Waals surface area contributed by atoms with Gasteiger partial charge in [-0.05, 0) is 61.6 Å². The average molecular weight is 516 g/mol. The molecule has 11 heteroatoms. The highest BCUT2D eigenvalue weighted by Gasteiger charge is 2.31. The number of nitrogens with one attached hydrogen (secondary N) is 1. The van der Waals surface area contributed by atoms with Crippen LogP contribution in [0.15, 0.2) is 29.1 Å². The van der Waals surface area contributed by atoms with E-state index in [0.717, 1.165) is 0 Å². The zero-order valence-corrected chi connectivity index (χ0v) is 21.3. The number of amides is 1. The Balaban J connectivity index is 2.36. The minimum Gasteiger partial charge on any atom is -0.493 e. The fraction of sp³-hybridized carbons (Fsp3) is 0.385. The number of fused-ring (bicyclic) bond motifs is 3. The standard InChI is InChI=1S/C26H29NO10/c1-6-34-25(30)36-21-12-15-8-10-18(27-14(3)28)17-13-19(29)20(32-4)11-9-16(17)22(15)24(33-5)23(21)37-26(31)35-7-2/h9,11-13,18H,6-8,10H2,1-5H3,(H,27,28). The molecule has 0 saturated heterocycles. The van der Waals surface area contributed by atoms with Crippen LogP contribution in [0.25, 0.3) is 11.1 Å². The maximum absolute atomic E-state index is 12.8. The summed E-state index contributed by atoms with van der Waals surface area (Å²) in [7, 11) is 2.74. The number of aryl methyl sites for hydroxylation is 1. The van der Waals surface area contributed by atoms with E-state index >= 15 is 0 Å². The van der Waals surface area contributed by atoms with E-state index in [-0.39, 0.29) is 47.5 Å². The third-order valence-corrected chi connectivity index (χ3v) is 5.58. The lowest BCUT2D eigenvalue weighted by molar-refractivity contribution is -0.119. The monoisotopic (exact) mass is 515 g/mol.